The van der Waals surface area contributed by atoms with Crippen LogP contribution in [0.15, 0.2) is 34.6 Å². The lowest BCUT2D eigenvalue weighted by Gasteiger charge is -2.26. The third kappa shape index (κ3) is 2.79. The number of nitrogens with one attached hydrogen (secondary N) is 3. The first-order valence-electron chi connectivity index (χ1n) is 7.23. The quantitative estimate of drug-likeness (QED) is 0.750. The monoisotopic (exact) mass is 271 g/mol. The summed E-state index contributed by atoms with van der Waals surface area (Å²) >= 11 is 0. The van der Waals surface area contributed by atoms with Gasteiger partial charge >= 0.3 is 5.69 Å². The van der Waals surface area contributed by atoms with Gasteiger partial charge in [-0.05, 0) is 49.8 Å². The fraction of sp³-hybridized carbons (Fsp3) is 0.438. The molecular formula is C16H21N3O. The largest absolute Gasteiger partial charge is 0.385 e. The molecule has 2 unspecified atom stereocenters. The standard InChI is InChI=1S/C16H21N3O/c1-10-5-11(2)7-12(6-10)9-17-13-3-4-14-15(8-13)19-16(20)18-14/h3-5,8,10,12,17H,6-7,9H2,1-2H3,(H2,18,19,20). The summed E-state index contributed by atoms with van der Waals surface area (Å²) in [7, 11) is 0. The van der Waals surface area contributed by atoms with Crippen molar-refractivity contribution in [2.75, 3.05) is 11.9 Å². The van der Waals surface area contributed by atoms with Crippen LogP contribution in [0.1, 0.15) is 26.7 Å². The summed E-state index contributed by atoms with van der Waals surface area (Å²) in [5, 5.41) is 3.49. The number of H-pyrrole nitrogens is 2. The van der Waals surface area contributed by atoms with E-state index in [0.717, 1.165) is 23.3 Å². The third-order valence-electron chi connectivity index (χ3n) is 4.00. The molecule has 3 rings (SSSR count). The molecule has 4 nitrogen and oxygen atoms in total. The second-order valence-electron chi connectivity index (χ2n) is 6.02. The molecule has 1 aliphatic carbocycles. The molecule has 0 spiro atoms. The van der Waals surface area contributed by atoms with Crippen LogP contribution in [-0.2, 0) is 0 Å². The van der Waals surface area contributed by atoms with Gasteiger partial charge in [-0.3, -0.25) is 0 Å². The Kier molecular flexibility index (Phi) is 3.38. The highest BCUT2D eigenvalue weighted by Gasteiger charge is 2.17. The Labute approximate surface area is 118 Å². The summed E-state index contributed by atoms with van der Waals surface area (Å²) < 4.78 is 0. The Hall–Kier alpha value is -1.97. The minimum Gasteiger partial charge on any atom is -0.385 e. The van der Waals surface area contributed by atoms with Gasteiger partial charge in [-0.1, -0.05) is 18.6 Å². The van der Waals surface area contributed by atoms with E-state index in [0.29, 0.717) is 11.8 Å². The van der Waals surface area contributed by atoms with Crippen molar-refractivity contribution in [3.63, 3.8) is 0 Å². The highest BCUT2D eigenvalue weighted by atomic mass is 16.1. The molecule has 1 aromatic carbocycles. The van der Waals surface area contributed by atoms with E-state index in [2.05, 4.69) is 35.2 Å². The first-order chi connectivity index (χ1) is 9.60. The minimum absolute atomic E-state index is 0.154. The van der Waals surface area contributed by atoms with E-state index in [1.807, 2.05) is 18.2 Å². The molecule has 2 atom stereocenters. The first kappa shape index (κ1) is 13.0. The van der Waals surface area contributed by atoms with E-state index in [1.54, 1.807) is 0 Å². The van der Waals surface area contributed by atoms with Crippen molar-refractivity contribution in [2.45, 2.75) is 26.7 Å². The Bertz CT molecular complexity index is 695. The van der Waals surface area contributed by atoms with Crippen LogP contribution in [0.2, 0.25) is 0 Å². The number of anilines is 1. The van der Waals surface area contributed by atoms with Crippen molar-refractivity contribution >= 4 is 16.7 Å². The van der Waals surface area contributed by atoms with E-state index in [4.69, 9.17) is 0 Å². The van der Waals surface area contributed by atoms with Gasteiger partial charge in [0.2, 0.25) is 0 Å². The Balaban J connectivity index is 1.68. The molecule has 1 heterocycles. The molecule has 0 saturated heterocycles. The SMILES string of the molecule is CC1=CC(C)CC(CNc2ccc3[nH]c(=O)[nH]c3c2)C1. The summed E-state index contributed by atoms with van der Waals surface area (Å²) in [6, 6.07) is 5.94. The van der Waals surface area contributed by atoms with Crippen molar-refractivity contribution in [2.24, 2.45) is 11.8 Å². The van der Waals surface area contributed by atoms with Crippen LogP contribution in [0.5, 0.6) is 0 Å². The molecule has 2 aromatic rings. The maximum absolute atomic E-state index is 11.2. The van der Waals surface area contributed by atoms with Crippen molar-refractivity contribution in [1.29, 1.82) is 0 Å². The molecule has 1 aliphatic rings. The highest BCUT2D eigenvalue weighted by Crippen LogP contribution is 2.28. The van der Waals surface area contributed by atoms with Crippen molar-refractivity contribution in [3.05, 3.63) is 40.3 Å². The topological polar surface area (TPSA) is 60.7 Å². The molecule has 20 heavy (non-hydrogen) atoms. The van der Waals surface area contributed by atoms with Gasteiger partial charge < -0.3 is 15.3 Å². The molecule has 3 N–H and O–H groups in total. The van der Waals surface area contributed by atoms with Gasteiger partial charge in [-0.25, -0.2) is 4.79 Å². The molecule has 0 saturated carbocycles. The zero-order chi connectivity index (χ0) is 14.1. The fourth-order valence-corrected chi connectivity index (χ4v) is 3.25. The maximum atomic E-state index is 11.2. The highest BCUT2D eigenvalue weighted by molar-refractivity contribution is 5.78. The Morgan fingerprint density at radius 1 is 1.30 bits per heavy atom. The third-order valence-corrected chi connectivity index (χ3v) is 4.00. The Morgan fingerprint density at radius 2 is 2.10 bits per heavy atom. The second kappa shape index (κ2) is 5.19. The molecule has 1 aromatic heterocycles. The zero-order valence-corrected chi connectivity index (χ0v) is 12.0. The molecule has 0 bridgehead atoms. The lowest BCUT2D eigenvalue weighted by molar-refractivity contribution is 0.421. The predicted molar refractivity (Wildman–Crippen MR) is 83.1 cm³/mol. The number of imidazole rings is 1. The number of hydrogen-bond donors (Lipinski definition) is 3. The summed E-state index contributed by atoms with van der Waals surface area (Å²) in [5.74, 6) is 1.37. The molecule has 0 aliphatic heterocycles. The van der Waals surface area contributed by atoms with Crippen LogP contribution in [0.4, 0.5) is 5.69 Å². The van der Waals surface area contributed by atoms with Crippen molar-refractivity contribution in [1.82, 2.24) is 9.97 Å². The number of allylic oxidation sites excluding steroid dienone is 2. The molecule has 106 valence electrons. The van der Waals surface area contributed by atoms with Crippen molar-refractivity contribution in [3.8, 4) is 0 Å². The van der Waals surface area contributed by atoms with E-state index >= 15 is 0 Å². The number of rotatable bonds is 3. The average Bonchev–Trinajstić information content (AvgIpc) is 2.74. The summed E-state index contributed by atoms with van der Waals surface area (Å²) in [6.45, 7) is 5.49. The van der Waals surface area contributed by atoms with Gasteiger partial charge in [0.15, 0.2) is 0 Å². The van der Waals surface area contributed by atoms with Crippen LogP contribution in [0, 0.1) is 11.8 Å². The maximum Gasteiger partial charge on any atom is 0.323 e. The fourth-order valence-electron chi connectivity index (χ4n) is 3.25. The van der Waals surface area contributed by atoms with Crippen molar-refractivity contribution < 1.29 is 0 Å². The lowest BCUT2D eigenvalue weighted by Crippen LogP contribution is -2.20. The van der Waals surface area contributed by atoms with Gasteiger partial charge in [-0.15, -0.1) is 0 Å². The zero-order valence-electron chi connectivity index (χ0n) is 12.0. The lowest BCUT2D eigenvalue weighted by atomic mass is 9.84. The predicted octanol–water partition coefficient (Wildman–Crippen LogP) is 3.26. The van der Waals surface area contributed by atoms with E-state index < -0.39 is 0 Å². The summed E-state index contributed by atoms with van der Waals surface area (Å²) in [4.78, 5) is 16.8. The number of aromatic amines is 2. The van der Waals surface area contributed by atoms with Gasteiger partial charge in [0.05, 0.1) is 11.0 Å². The number of fused-ring (bicyclic) bond motifs is 1. The summed E-state index contributed by atoms with van der Waals surface area (Å²) in [5.41, 5.74) is 4.12. The second-order valence-corrected chi connectivity index (χ2v) is 6.02. The van der Waals surface area contributed by atoms with Gasteiger partial charge in [0.25, 0.3) is 0 Å². The number of aromatic nitrogens is 2. The van der Waals surface area contributed by atoms with Gasteiger partial charge in [-0.2, -0.15) is 0 Å². The normalized spacial score (nSPS) is 22.8. The van der Waals surface area contributed by atoms with E-state index in [-0.39, 0.29) is 5.69 Å². The van der Waals surface area contributed by atoms with Crippen LogP contribution >= 0.6 is 0 Å². The van der Waals surface area contributed by atoms with Crippen LogP contribution < -0.4 is 11.0 Å². The molecule has 0 radical (unpaired) electrons. The molecular weight excluding hydrogens is 250 g/mol. The van der Waals surface area contributed by atoms with E-state index in [1.165, 1.54) is 18.4 Å². The minimum atomic E-state index is -0.154. The van der Waals surface area contributed by atoms with Gasteiger partial charge in [0.1, 0.15) is 0 Å². The van der Waals surface area contributed by atoms with Crippen LogP contribution in [-0.4, -0.2) is 16.5 Å². The van der Waals surface area contributed by atoms with Crippen LogP contribution in [0.25, 0.3) is 11.0 Å². The average molecular weight is 271 g/mol. The summed E-state index contributed by atoms with van der Waals surface area (Å²) in [6.07, 6.45) is 4.81. The molecule has 0 amide bonds. The van der Waals surface area contributed by atoms with E-state index in [9.17, 15) is 4.79 Å². The molecule has 4 heteroatoms. The number of hydrogen-bond acceptors (Lipinski definition) is 2. The molecule has 0 fully saturated rings. The Morgan fingerprint density at radius 3 is 2.90 bits per heavy atom. The number of benzene rings is 1. The van der Waals surface area contributed by atoms with Crippen LogP contribution in [0.3, 0.4) is 0 Å². The first-order valence-corrected chi connectivity index (χ1v) is 7.23. The smallest absolute Gasteiger partial charge is 0.323 e. The van der Waals surface area contributed by atoms with Gasteiger partial charge in [0, 0.05) is 12.2 Å².